The molecule has 8 nitrogen and oxygen atoms in total. The standard InChI is InChI=1S/C23H19F3O8/c1-3-30-18(27)12-32-15-9-10-16-17(11-15)34-21(23(24,25)26)20(19(16)28)33-14-7-5-13(6-8-14)22(29)31-4-2/h5-11H,3-4,12H2,1-2H3. The molecule has 3 rings (SSSR count). The lowest BCUT2D eigenvalue weighted by atomic mass is 10.2. The largest absolute Gasteiger partial charge is 0.482 e. The zero-order chi connectivity index (χ0) is 24.9. The van der Waals surface area contributed by atoms with E-state index in [1.54, 1.807) is 13.8 Å². The molecule has 0 saturated carbocycles. The average molecular weight is 480 g/mol. The number of ether oxygens (including phenoxy) is 4. The second-order valence-electron chi connectivity index (χ2n) is 6.69. The summed E-state index contributed by atoms with van der Waals surface area (Å²) < 4.78 is 66.0. The lowest BCUT2D eigenvalue weighted by Crippen LogP contribution is -2.16. The molecular formula is C23H19F3O8. The Morgan fingerprint density at radius 1 is 0.941 bits per heavy atom. The Labute approximate surface area is 190 Å². The SMILES string of the molecule is CCOC(=O)COc1ccc2c(=O)c(Oc3ccc(C(=O)OCC)cc3)c(C(F)(F)F)oc2c1. The van der Waals surface area contributed by atoms with E-state index in [1.807, 2.05) is 0 Å². The molecule has 0 unspecified atom stereocenters. The summed E-state index contributed by atoms with van der Waals surface area (Å²) in [6.07, 6.45) is -5.06. The Morgan fingerprint density at radius 2 is 1.59 bits per heavy atom. The van der Waals surface area contributed by atoms with E-state index < -0.39 is 47.2 Å². The zero-order valence-corrected chi connectivity index (χ0v) is 18.1. The van der Waals surface area contributed by atoms with Gasteiger partial charge in [-0.05, 0) is 50.2 Å². The van der Waals surface area contributed by atoms with Crippen molar-refractivity contribution >= 4 is 22.9 Å². The molecule has 0 fully saturated rings. The predicted molar refractivity (Wildman–Crippen MR) is 112 cm³/mol. The van der Waals surface area contributed by atoms with Crippen LogP contribution in [-0.2, 0) is 20.4 Å². The van der Waals surface area contributed by atoms with E-state index in [2.05, 4.69) is 0 Å². The Balaban J connectivity index is 1.97. The van der Waals surface area contributed by atoms with Gasteiger partial charge in [0.05, 0.1) is 24.2 Å². The van der Waals surface area contributed by atoms with Crippen molar-refractivity contribution in [2.45, 2.75) is 20.0 Å². The molecule has 2 aromatic carbocycles. The predicted octanol–water partition coefficient (Wildman–Crippen LogP) is 4.72. The Morgan fingerprint density at radius 3 is 2.21 bits per heavy atom. The van der Waals surface area contributed by atoms with Crippen LogP contribution in [0.3, 0.4) is 0 Å². The smallest absolute Gasteiger partial charge is 0.453 e. The molecule has 0 saturated heterocycles. The highest BCUT2D eigenvalue weighted by Crippen LogP contribution is 2.38. The summed E-state index contributed by atoms with van der Waals surface area (Å²) in [4.78, 5) is 36.0. The first-order valence-electron chi connectivity index (χ1n) is 10.1. The van der Waals surface area contributed by atoms with Gasteiger partial charge in [-0.15, -0.1) is 0 Å². The van der Waals surface area contributed by atoms with Crippen molar-refractivity contribution in [2.75, 3.05) is 19.8 Å². The Bertz CT molecular complexity index is 1250. The van der Waals surface area contributed by atoms with Crippen molar-refractivity contribution in [2.24, 2.45) is 0 Å². The third-order valence-corrected chi connectivity index (χ3v) is 4.33. The van der Waals surface area contributed by atoms with Crippen molar-refractivity contribution in [3.63, 3.8) is 0 Å². The van der Waals surface area contributed by atoms with Crippen LogP contribution >= 0.6 is 0 Å². The maximum absolute atomic E-state index is 13.7. The van der Waals surface area contributed by atoms with E-state index in [0.29, 0.717) is 0 Å². The molecule has 0 bridgehead atoms. The monoisotopic (exact) mass is 480 g/mol. The van der Waals surface area contributed by atoms with Gasteiger partial charge in [0, 0.05) is 6.07 Å². The van der Waals surface area contributed by atoms with Gasteiger partial charge in [-0.1, -0.05) is 0 Å². The molecule has 1 heterocycles. The lowest BCUT2D eigenvalue weighted by molar-refractivity contribution is -0.154. The minimum atomic E-state index is -5.06. The summed E-state index contributed by atoms with van der Waals surface area (Å²) in [5.74, 6) is -4.13. The Hall–Kier alpha value is -4.02. The fraction of sp³-hybridized carbons (Fsp3) is 0.261. The minimum absolute atomic E-state index is 0.0000463. The van der Waals surface area contributed by atoms with Crippen LogP contribution < -0.4 is 14.9 Å². The van der Waals surface area contributed by atoms with Crippen LogP contribution in [0.1, 0.15) is 30.0 Å². The summed E-state index contributed by atoms with van der Waals surface area (Å²) in [5, 5.41) is -0.199. The number of rotatable bonds is 8. The summed E-state index contributed by atoms with van der Waals surface area (Å²) in [6.45, 7) is 3.05. The number of halogens is 3. The molecule has 0 spiro atoms. The van der Waals surface area contributed by atoms with Crippen LogP contribution in [0.5, 0.6) is 17.2 Å². The highest BCUT2D eigenvalue weighted by Gasteiger charge is 2.40. The van der Waals surface area contributed by atoms with Crippen molar-refractivity contribution in [1.29, 1.82) is 0 Å². The number of fused-ring (bicyclic) bond motifs is 1. The molecule has 180 valence electrons. The quantitative estimate of drug-likeness (QED) is 0.427. The summed E-state index contributed by atoms with van der Waals surface area (Å²) in [7, 11) is 0. The molecule has 0 aliphatic rings. The Kier molecular flexibility index (Phi) is 7.44. The van der Waals surface area contributed by atoms with Gasteiger partial charge < -0.3 is 23.4 Å². The number of carbonyl (C=O) groups excluding carboxylic acids is 2. The molecule has 0 N–H and O–H groups in total. The third kappa shape index (κ3) is 5.66. The first-order chi connectivity index (χ1) is 16.1. The summed E-state index contributed by atoms with van der Waals surface area (Å²) in [6, 6.07) is 8.57. The van der Waals surface area contributed by atoms with E-state index in [1.165, 1.54) is 36.4 Å². The molecule has 0 aliphatic carbocycles. The number of hydrogen-bond donors (Lipinski definition) is 0. The van der Waals surface area contributed by atoms with E-state index in [0.717, 1.165) is 6.07 Å². The topological polar surface area (TPSA) is 101 Å². The number of esters is 2. The van der Waals surface area contributed by atoms with Crippen LogP contribution in [0.25, 0.3) is 11.0 Å². The third-order valence-electron chi connectivity index (χ3n) is 4.33. The molecule has 11 heteroatoms. The van der Waals surface area contributed by atoms with Gasteiger partial charge in [0.2, 0.25) is 11.2 Å². The molecule has 0 atom stereocenters. The van der Waals surface area contributed by atoms with Gasteiger partial charge in [0.1, 0.15) is 17.1 Å². The summed E-state index contributed by atoms with van der Waals surface area (Å²) in [5.41, 5.74) is -1.32. The first-order valence-corrected chi connectivity index (χ1v) is 10.1. The fourth-order valence-corrected chi connectivity index (χ4v) is 2.86. The number of benzene rings is 2. The van der Waals surface area contributed by atoms with E-state index >= 15 is 0 Å². The minimum Gasteiger partial charge on any atom is -0.482 e. The maximum Gasteiger partial charge on any atom is 0.453 e. The van der Waals surface area contributed by atoms with E-state index in [9.17, 15) is 27.6 Å². The van der Waals surface area contributed by atoms with E-state index in [-0.39, 0.29) is 35.7 Å². The average Bonchev–Trinajstić information content (AvgIpc) is 2.79. The van der Waals surface area contributed by atoms with Gasteiger partial charge in [-0.3, -0.25) is 4.79 Å². The van der Waals surface area contributed by atoms with Crippen LogP contribution in [0.2, 0.25) is 0 Å². The van der Waals surface area contributed by atoms with Crippen molar-refractivity contribution < 1.29 is 46.1 Å². The van der Waals surface area contributed by atoms with Crippen LogP contribution in [0.15, 0.2) is 51.7 Å². The number of alkyl halides is 3. The fourth-order valence-electron chi connectivity index (χ4n) is 2.86. The van der Waals surface area contributed by atoms with Crippen LogP contribution in [0.4, 0.5) is 13.2 Å². The molecule has 0 aliphatic heterocycles. The van der Waals surface area contributed by atoms with Crippen molar-refractivity contribution in [1.82, 2.24) is 0 Å². The van der Waals surface area contributed by atoms with Crippen molar-refractivity contribution in [3.05, 3.63) is 64.0 Å². The van der Waals surface area contributed by atoms with Crippen LogP contribution in [-0.4, -0.2) is 31.8 Å². The first kappa shape index (κ1) is 24.6. The van der Waals surface area contributed by atoms with Gasteiger partial charge in [-0.2, -0.15) is 13.2 Å². The zero-order valence-electron chi connectivity index (χ0n) is 18.1. The molecule has 3 aromatic rings. The van der Waals surface area contributed by atoms with Crippen LogP contribution in [0, 0.1) is 0 Å². The molecule has 0 amide bonds. The second-order valence-corrected chi connectivity index (χ2v) is 6.69. The lowest BCUT2D eigenvalue weighted by Gasteiger charge is -2.14. The number of carbonyl (C=O) groups is 2. The van der Waals surface area contributed by atoms with Crippen molar-refractivity contribution in [3.8, 4) is 17.2 Å². The van der Waals surface area contributed by atoms with Gasteiger partial charge in [0.25, 0.3) is 5.76 Å². The van der Waals surface area contributed by atoms with E-state index in [4.69, 9.17) is 23.4 Å². The molecule has 34 heavy (non-hydrogen) atoms. The van der Waals surface area contributed by atoms with Gasteiger partial charge >= 0.3 is 18.1 Å². The van der Waals surface area contributed by atoms with Gasteiger partial charge in [-0.25, -0.2) is 9.59 Å². The molecule has 0 radical (unpaired) electrons. The summed E-state index contributed by atoms with van der Waals surface area (Å²) >= 11 is 0. The highest BCUT2D eigenvalue weighted by molar-refractivity contribution is 5.89. The molecular weight excluding hydrogens is 461 g/mol. The highest BCUT2D eigenvalue weighted by atomic mass is 19.4. The maximum atomic E-state index is 13.7. The normalized spacial score (nSPS) is 11.2. The van der Waals surface area contributed by atoms with Gasteiger partial charge in [0.15, 0.2) is 6.61 Å². The molecule has 1 aromatic heterocycles. The second kappa shape index (κ2) is 10.3. The number of hydrogen-bond acceptors (Lipinski definition) is 8.